The highest BCUT2D eigenvalue weighted by Gasteiger charge is 2.39. The molecule has 0 spiro atoms. The van der Waals surface area contributed by atoms with Gasteiger partial charge in [-0.3, -0.25) is 0 Å². The summed E-state index contributed by atoms with van der Waals surface area (Å²) in [5, 5.41) is 3.04. The van der Waals surface area contributed by atoms with Gasteiger partial charge in [0.25, 0.3) is 0 Å². The van der Waals surface area contributed by atoms with Crippen LogP contribution in [-0.4, -0.2) is 12.9 Å². The number of hydrogen-bond acceptors (Lipinski definition) is 2. The van der Waals surface area contributed by atoms with Gasteiger partial charge in [0, 0.05) is 12.5 Å². The Labute approximate surface area is 96.8 Å². The summed E-state index contributed by atoms with van der Waals surface area (Å²) >= 11 is 0. The molecule has 1 fully saturated rings. The van der Waals surface area contributed by atoms with E-state index in [0.29, 0.717) is 17.5 Å². The third-order valence-corrected chi connectivity index (χ3v) is 3.37. The molecule has 0 aromatic heterocycles. The Morgan fingerprint density at radius 2 is 2.00 bits per heavy atom. The summed E-state index contributed by atoms with van der Waals surface area (Å²) in [5.41, 5.74) is 1.48. The molecule has 0 saturated heterocycles. The van der Waals surface area contributed by atoms with Crippen molar-refractivity contribution in [2.24, 2.45) is 5.92 Å². The average molecular weight is 243 g/mol. The highest BCUT2D eigenvalue weighted by Crippen LogP contribution is 2.50. The van der Waals surface area contributed by atoms with Gasteiger partial charge in [-0.05, 0) is 30.4 Å². The van der Waals surface area contributed by atoms with Crippen molar-refractivity contribution in [2.75, 3.05) is 11.9 Å². The van der Waals surface area contributed by atoms with Crippen molar-refractivity contribution in [3.63, 3.8) is 0 Å². The molecular formula is C12H12F3NO. The second kappa shape index (κ2) is 3.55. The van der Waals surface area contributed by atoms with Crippen molar-refractivity contribution < 1.29 is 17.9 Å². The molecule has 2 nitrogen and oxygen atoms in total. The van der Waals surface area contributed by atoms with Crippen LogP contribution in [0.5, 0.6) is 5.75 Å². The fourth-order valence-corrected chi connectivity index (χ4v) is 2.50. The molecule has 1 aliphatic heterocycles. The molecule has 3 rings (SSSR count). The van der Waals surface area contributed by atoms with Gasteiger partial charge in [0.05, 0.1) is 5.69 Å². The van der Waals surface area contributed by atoms with E-state index in [9.17, 15) is 13.2 Å². The molecule has 1 aliphatic carbocycles. The zero-order chi connectivity index (χ0) is 12.0. The Morgan fingerprint density at radius 3 is 2.65 bits per heavy atom. The maximum Gasteiger partial charge on any atom is 0.573 e. The lowest BCUT2D eigenvalue weighted by atomic mass is 9.96. The van der Waals surface area contributed by atoms with Gasteiger partial charge < -0.3 is 10.1 Å². The van der Waals surface area contributed by atoms with Crippen LogP contribution in [0.3, 0.4) is 0 Å². The fourth-order valence-electron chi connectivity index (χ4n) is 2.50. The van der Waals surface area contributed by atoms with Gasteiger partial charge in [-0.15, -0.1) is 13.2 Å². The van der Waals surface area contributed by atoms with Crippen LogP contribution >= 0.6 is 0 Å². The fraction of sp³-hybridized carbons (Fsp3) is 0.500. The van der Waals surface area contributed by atoms with Crippen molar-refractivity contribution in [3.05, 3.63) is 23.8 Å². The Kier molecular flexibility index (Phi) is 2.24. The first-order chi connectivity index (χ1) is 8.04. The predicted molar refractivity (Wildman–Crippen MR) is 57.1 cm³/mol. The van der Waals surface area contributed by atoms with Gasteiger partial charge in [-0.25, -0.2) is 0 Å². The normalized spacial score (nSPS) is 23.1. The van der Waals surface area contributed by atoms with E-state index in [1.165, 1.54) is 18.9 Å². The average Bonchev–Trinajstić information content (AvgIpc) is 2.97. The SMILES string of the molecule is FC(F)(F)Oc1cccc2c1NCC2C1CC1. The summed E-state index contributed by atoms with van der Waals surface area (Å²) in [6.45, 7) is 0.720. The highest BCUT2D eigenvalue weighted by molar-refractivity contribution is 5.67. The van der Waals surface area contributed by atoms with Crippen LogP contribution in [-0.2, 0) is 0 Å². The number of benzene rings is 1. The van der Waals surface area contributed by atoms with Gasteiger partial charge in [0.2, 0.25) is 0 Å². The van der Waals surface area contributed by atoms with E-state index >= 15 is 0 Å². The van der Waals surface area contributed by atoms with E-state index in [-0.39, 0.29) is 5.75 Å². The van der Waals surface area contributed by atoms with Crippen molar-refractivity contribution in [2.45, 2.75) is 25.1 Å². The molecule has 0 radical (unpaired) electrons. The van der Waals surface area contributed by atoms with Crippen molar-refractivity contribution in [1.29, 1.82) is 0 Å². The quantitative estimate of drug-likeness (QED) is 0.858. The molecule has 92 valence electrons. The zero-order valence-corrected chi connectivity index (χ0v) is 9.05. The number of hydrogen-bond donors (Lipinski definition) is 1. The standard InChI is InChI=1S/C12H12F3NO/c13-12(14,15)17-10-3-1-2-8-9(7-4-5-7)6-16-11(8)10/h1-3,7,9,16H,4-6H2. The van der Waals surface area contributed by atoms with Crippen molar-refractivity contribution >= 4 is 5.69 Å². The van der Waals surface area contributed by atoms with Crippen LogP contribution in [0.4, 0.5) is 18.9 Å². The lowest BCUT2D eigenvalue weighted by Crippen LogP contribution is -2.17. The van der Waals surface area contributed by atoms with Gasteiger partial charge in [-0.1, -0.05) is 12.1 Å². The first-order valence-corrected chi connectivity index (χ1v) is 5.67. The maximum atomic E-state index is 12.2. The summed E-state index contributed by atoms with van der Waals surface area (Å²) in [4.78, 5) is 0. The summed E-state index contributed by atoms with van der Waals surface area (Å²) in [6.07, 6.45) is -2.28. The van der Waals surface area contributed by atoms with Crippen molar-refractivity contribution in [3.8, 4) is 5.75 Å². The van der Waals surface area contributed by atoms with Crippen LogP contribution < -0.4 is 10.1 Å². The summed E-state index contributed by atoms with van der Waals surface area (Å²) in [5.74, 6) is 0.866. The minimum Gasteiger partial charge on any atom is -0.404 e. The molecule has 17 heavy (non-hydrogen) atoms. The van der Waals surface area contributed by atoms with Crippen LogP contribution in [0.2, 0.25) is 0 Å². The Hall–Kier alpha value is -1.39. The van der Waals surface area contributed by atoms with Gasteiger partial charge in [0.1, 0.15) is 0 Å². The number of ether oxygens (including phenoxy) is 1. The van der Waals surface area contributed by atoms with Crippen LogP contribution in [0.1, 0.15) is 24.3 Å². The minimum atomic E-state index is -4.63. The Bertz CT molecular complexity index is 440. The molecule has 1 unspecified atom stereocenters. The zero-order valence-electron chi connectivity index (χ0n) is 9.05. The third-order valence-electron chi connectivity index (χ3n) is 3.37. The lowest BCUT2D eigenvalue weighted by Gasteiger charge is -2.13. The number of rotatable bonds is 2. The molecule has 1 aromatic rings. The first kappa shape index (κ1) is 10.7. The molecule has 0 amide bonds. The van der Waals surface area contributed by atoms with Crippen molar-refractivity contribution in [1.82, 2.24) is 0 Å². The van der Waals surface area contributed by atoms with Gasteiger partial charge in [0.15, 0.2) is 5.75 Å². The molecule has 1 N–H and O–H groups in total. The first-order valence-electron chi connectivity index (χ1n) is 5.67. The molecule has 1 heterocycles. The summed E-state index contributed by atoms with van der Waals surface area (Å²) in [7, 11) is 0. The number of anilines is 1. The molecular weight excluding hydrogens is 231 g/mol. The summed E-state index contributed by atoms with van der Waals surface area (Å²) in [6, 6.07) is 4.87. The summed E-state index contributed by atoms with van der Waals surface area (Å²) < 4.78 is 40.7. The smallest absolute Gasteiger partial charge is 0.404 e. The van der Waals surface area contributed by atoms with E-state index in [2.05, 4.69) is 10.1 Å². The maximum absolute atomic E-state index is 12.2. The van der Waals surface area contributed by atoms with Crippen LogP contribution in [0, 0.1) is 5.92 Å². The van der Waals surface area contributed by atoms with E-state index in [4.69, 9.17) is 0 Å². The molecule has 2 aliphatic rings. The number of alkyl halides is 3. The Morgan fingerprint density at radius 1 is 1.24 bits per heavy atom. The van der Waals surface area contributed by atoms with E-state index in [1.807, 2.05) is 6.07 Å². The number of fused-ring (bicyclic) bond motifs is 1. The molecule has 0 bridgehead atoms. The Balaban J connectivity index is 1.92. The molecule has 5 heteroatoms. The predicted octanol–water partition coefficient (Wildman–Crippen LogP) is 3.50. The van der Waals surface area contributed by atoms with Gasteiger partial charge in [-0.2, -0.15) is 0 Å². The monoisotopic (exact) mass is 243 g/mol. The van der Waals surface area contributed by atoms with Crippen LogP contribution in [0.25, 0.3) is 0 Å². The third kappa shape index (κ3) is 2.06. The van der Waals surface area contributed by atoms with Crippen LogP contribution in [0.15, 0.2) is 18.2 Å². The largest absolute Gasteiger partial charge is 0.573 e. The van der Waals surface area contributed by atoms with E-state index in [1.54, 1.807) is 6.07 Å². The second-order valence-electron chi connectivity index (χ2n) is 4.59. The number of nitrogens with one attached hydrogen (secondary N) is 1. The number of halogens is 3. The minimum absolute atomic E-state index is 0.113. The lowest BCUT2D eigenvalue weighted by molar-refractivity contribution is -0.274. The number of para-hydroxylation sites is 1. The second-order valence-corrected chi connectivity index (χ2v) is 4.59. The van der Waals surface area contributed by atoms with E-state index < -0.39 is 6.36 Å². The molecule has 1 saturated carbocycles. The molecule has 1 atom stereocenters. The van der Waals surface area contributed by atoms with E-state index in [0.717, 1.165) is 12.1 Å². The highest BCUT2D eigenvalue weighted by atomic mass is 19.4. The van der Waals surface area contributed by atoms with Gasteiger partial charge >= 0.3 is 6.36 Å². The topological polar surface area (TPSA) is 21.3 Å². The molecule has 1 aromatic carbocycles.